The van der Waals surface area contributed by atoms with Crippen molar-refractivity contribution in [3.05, 3.63) is 70.8 Å². The van der Waals surface area contributed by atoms with Crippen LogP contribution in [-0.4, -0.2) is 0 Å². The summed E-state index contributed by atoms with van der Waals surface area (Å²) < 4.78 is 0. The first-order valence-corrected chi connectivity index (χ1v) is 19.2. The van der Waals surface area contributed by atoms with Gasteiger partial charge in [0.25, 0.3) is 0 Å². The minimum Gasteiger partial charge on any atom is -0.0625 e. The summed E-state index contributed by atoms with van der Waals surface area (Å²) >= 11 is 0. The van der Waals surface area contributed by atoms with E-state index in [1.807, 2.05) is 0 Å². The van der Waals surface area contributed by atoms with E-state index >= 15 is 0 Å². The second kappa shape index (κ2) is 16.4. The molecule has 2 aliphatic rings. The van der Waals surface area contributed by atoms with Crippen LogP contribution in [0.25, 0.3) is 0 Å². The van der Waals surface area contributed by atoms with E-state index in [1.165, 1.54) is 73.6 Å². The van der Waals surface area contributed by atoms with Gasteiger partial charge in [0.15, 0.2) is 0 Å². The van der Waals surface area contributed by atoms with Crippen LogP contribution in [0.5, 0.6) is 0 Å². The number of hydrogen-bond acceptors (Lipinski definition) is 0. The van der Waals surface area contributed by atoms with E-state index in [2.05, 4.69) is 180 Å². The Balaban J connectivity index is 0.000000319. The Bertz CT molecular complexity index is 1090. The van der Waals surface area contributed by atoms with Crippen molar-refractivity contribution in [2.24, 2.45) is 22.2 Å². The predicted molar refractivity (Wildman–Crippen MR) is 215 cm³/mol. The fourth-order valence-electron chi connectivity index (χ4n) is 7.83. The average Bonchev–Trinajstić information content (AvgIpc) is 2.86. The quantitative estimate of drug-likeness (QED) is 0.267. The summed E-state index contributed by atoms with van der Waals surface area (Å²) in [5.74, 6) is 0.925. The predicted octanol–water partition coefficient (Wildman–Crippen LogP) is 15.4. The van der Waals surface area contributed by atoms with Crippen LogP contribution in [0.15, 0.2) is 48.5 Å². The van der Waals surface area contributed by atoms with Crippen LogP contribution in [0.2, 0.25) is 0 Å². The van der Waals surface area contributed by atoms with Gasteiger partial charge in [0.1, 0.15) is 0 Å². The average molecular weight is 647 g/mol. The molecule has 0 unspecified atom stereocenters. The van der Waals surface area contributed by atoms with Crippen LogP contribution in [-0.2, 0) is 21.7 Å². The van der Waals surface area contributed by atoms with Crippen molar-refractivity contribution in [2.75, 3.05) is 0 Å². The van der Waals surface area contributed by atoms with Gasteiger partial charge < -0.3 is 0 Å². The summed E-state index contributed by atoms with van der Waals surface area (Å²) in [5.41, 5.74) is 8.53. The molecule has 0 N–H and O–H groups in total. The third-order valence-electron chi connectivity index (χ3n) is 10.2. The van der Waals surface area contributed by atoms with Gasteiger partial charge in [-0.25, -0.2) is 0 Å². The summed E-state index contributed by atoms with van der Waals surface area (Å²) in [6.45, 7) is 43.8. The molecular weight excluding hydrogens is 565 g/mol. The van der Waals surface area contributed by atoms with Crippen LogP contribution in [0.1, 0.15) is 205 Å². The van der Waals surface area contributed by atoms with E-state index in [-0.39, 0.29) is 21.7 Å². The van der Waals surface area contributed by atoms with Crippen molar-refractivity contribution < 1.29 is 0 Å². The molecule has 2 saturated carbocycles. The minimum absolute atomic E-state index is 0.251. The third-order valence-corrected chi connectivity index (χ3v) is 10.2. The summed E-state index contributed by atoms with van der Waals surface area (Å²) in [6, 6.07) is 17.9. The summed E-state index contributed by atoms with van der Waals surface area (Å²) in [6.07, 6.45) is 11.5. The second-order valence-corrected chi connectivity index (χ2v) is 21.9. The van der Waals surface area contributed by atoms with Crippen LogP contribution in [0, 0.1) is 22.2 Å². The molecule has 0 bridgehead atoms. The third kappa shape index (κ3) is 17.1. The van der Waals surface area contributed by atoms with Gasteiger partial charge in [-0.05, 0) is 98.2 Å². The van der Waals surface area contributed by atoms with Gasteiger partial charge in [-0.2, -0.15) is 0 Å². The Morgan fingerprint density at radius 3 is 1.00 bits per heavy atom. The molecule has 270 valence electrons. The van der Waals surface area contributed by atoms with Crippen molar-refractivity contribution in [1.82, 2.24) is 0 Å². The molecule has 4 rings (SSSR count). The smallest absolute Gasteiger partial charge is 0.0132 e. The molecule has 2 aromatic carbocycles. The molecule has 0 heteroatoms. The van der Waals surface area contributed by atoms with Gasteiger partial charge in [0, 0.05) is 0 Å². The second-order valence-electron chi connectivity index (χ2n) is 21.9. The molecule has 47 heavy (non-hydrogen) atoms. The highest BCUT2D eigenvalue weighted by atomic mass is 14.4. The summed E-state index contributed by atoms with van der Waals surface area (Å²) in [5, 5.41) is 0. The molecule has 2 fully saturated rings. The molecule has 0 saturated heterocycles. The highest BCUT2D eigenvalue weighted by Gasteiger charge is 2.36. The molecule has 0 atom stereocenters. The zero-order valence-corrected chi connectivity index (χ0v) is 35.4. The maximum absolute atomic E-state index is 2.41. The zero-order valence-electron chi connectivity index (χ0n) is 35.4. The lowest BCUT2D eigenvalue weighted by atomic mass is 9.62. The summed E-state index contributed by atoms with van der Waals surface area (Å²) in [4.78, 5) is 0. The Kier molecular flexibility index (Phi) is 15.2. The molecule has 0 aromatic heterocycles. The van der Waals surface area contributed by atoms with E-state index in [0.717, 1.165) is 5.92 Å². The Morgan fingerprint density at radius 2 is 0.766 bits per heavy atom. The molecular formula is C47H82. The number of benzene rings is 2. The van der Waals surface area contributed by atoms with E-state index in [1.54, 1.807) is 0 Å². The molecule has 0 amide bonds. The van der Waals surface area contributed by atoms with Gasteiger partial charge in [-0.1, -0.05) is 199 Å². The monoisotopic (exact) mass is 647 g/mol. The van der Waals surface area contributed by atoms with E-state index < -0.39 is 0 Å². The molecule has 2 aliphatic carbocycles. The van der Waals surface area contributed by atoms with Gasteiger partial charge >= 0.3 is 0 Å². The molecule has 2 aromatic rings. The molecule has 0 radical (unpaired) electrons. The van der Waals surface area contributed by atoms with Crippen molar-refractivity contribution in [2.45, 2.75) is 205 Å². The Morgan fingerprint density at radius 1 is 0.447 bits per heavy atom. The fourth-order valence-corrected chi connectivity index (χ4v) is 7.83. The maximum Gasteiger partial charge on any atom is -0.0132 e. The maximum atomic E-state index is 2.41. The van der Waals surface area contributed by atoms with Gasteiger partial charge in [-0.15, -0.1) is 0 Å². The standard InChI is InChI=1S/2C14H22.C11H22.C8H16/c1-13(2,3)11-7-9-12(10-8-11)14(4,5)6;1-13(2,3)11-8-7-9-12(10-11)14(4,5)6;1-9-6-10(2,3)8-11(4,5)7-9;1-8(2)6-4-3-5-7-8/h2*7-10H,1-6H3;9H,6-8H2,1-5H3;3-7H2,1-2H3. The van der Waals surface area contributed by atoms with Crippen molar-refractivity contribution in [1.29, 1.82) is 0 Å². The number of hydrogen-bond donors (Lipinski definition) is 0. The largest absolute Gasteiger partial charge is 0.0625 e. The lowest BCUT2D eigenvalue weighted by molar-refractivity contribution is 0.0754. The minimum atomic E-state index is 0.251. The van der Waals surface area contributed by atoms with Crippen molar-refractivity contribution in [3.8, 4) is 0 Å². The van der Waals surface area contributed by atoms with Crippen LogP contribution < -0.4 is 0 Å². The van der Waals surface area contributed by atoms with E-state index in [9.17, 15) is 0 Å². The van der Waals surface area contributed by atoms with Gasteiger partial charge in [-0.3, -0.25) is 0 Å². The van der Waals surface area contributed by atoms with E-state index in [4.69, 9.17) is 0 Å². The van der Waals surface area contributed by atoms with Gasteiger partial charge in [0.05, 0.1) is 0 Å². The zero-order chi connectivity index (χ0) is 36.7. The SMILES string of the molecule is CC(C)(C)c1ccc(C(C)(C)C)cc1.CC(C)(C)c1cccc(C(C)(C)C)c1.CC1(C)CCCCC1.CC1CC(C)(C)CC(C)(C)C1. The first kappa shape index (κ1) is 43.5. The molecule has 0 aliphatic heterocycles. The van der Waals surface area contributed by atoms with Crippen molar-refractivity contribution in [3.63, 3.8) is 0 Å². The Hall–Kier alpha value is -1.56. The first-order valence-electron chi connectivity index (χ1n) is 19.2. The fraction of sp³-hybridized carbons (Fsp3) is 0.745. The molecule has 0 heterocycles. The molecule has 0 nitrogen and oxygen atoms in total. The van der Waals surface area contributed by atoms with Crippen molar-refractivity contribution >= 4 is 0 Å². The molecule has 0 spiro atoms. The number of rotatable bonds is 0. The normalized spacial score (nSPS) is 19.6. The topological polar surface area (TPSA) is 0 Å². The first-order chi connectivity index (χ1) is 20.9. The Labute approximate surface area is 296 Å². The highest BCUT2D eigenvalue weighted by Crippen LogP contribution is 2.48. The van der Waals surface area contributed by atoms with Crippen LogP contribution >= 0.6 is 0 Å². The highest BCUT2D eigenvalue weighted by molar-refractivity contribution is 5.32. The lowest BCUT2D eigenvalue weighted by Crippen LogP contribution is -2.32. The van der Waals surface area contributed by atoms with Crippen LogP contribution in [0.3, 0.4) is 0 Å². The van der Waals surface area contributed by atoms with E-state index in [0.29, 0.717) is 16.2 Å². The van der Waals surface area contributed by atoms with Gasteiger partial charge in [0.2, 0.25) is 0 Å². The summed E-state index contributed by atoms with van der Waals surface area (Å²) in [7, 11) is 0. The lowest BCUT2D eigenvalue weighted by Gasteiger charge is -2.44. The van der Waals surface area contributed by atoms with Crippen LogP contribution in [0.4, 0.5) is 0 Å².